The molecular weight excluding hydrogens is 423 g/mol. The van der Waals surface area contributed by atoms with E-state index in [2.05, 4.69) is 18.1 Å². The number of carbonyl (C=O) groups is 2. The Labute approximate surface area is 176 Å². The minimum atomic E-state index is -0.611. The van der Waals surface area contributed by atoms with E-state index in [1.165, 1.54) is 12.3 Å². The fraction of sp³-hybridized carbons (Fsp3) is 0.0526. The van der Waals surface area contributed by atoms with Crippen LogP contribution in [-0.2, 0) is 6.54 Å². The molecule has 3 aromatic rings. The van der Waals surface area contributed by atoms with Crippen molar-refractivity contribution in [2.75, 3.05) is 4.31 Å². The molecule has 0 fully saturated rings. The predicted molar refractivity (Wildman–Crippen MR) is 110 cm³/mol. The van der Waals surface area contributed by atoms with Crippen LogP contribution >= 0.6 is 36.0 Å². The second-order valence-electron chi connectivity index (χ2n) is 5.58. The molecule has 2 amide bonds. The topological polar surface area (TPSA) is 71.8 Å². The number of urea groups is 1. The van der Waals surface area contributed by atoms with E-state index in [-0.39, 0.29) is 12.3 Å². The van der Waals surface area contributed by atoms with Gasteiger partial charge in [-0.2, -0.15) is 0 Å². The van der Waals surface area contributed by atoms with Gasteiger partial charge in [0.1, 0.15) is 5.75 Å². The number of nitrogens with one attached hydrogen (secondary N) is 1. The first-order valence-electron chi connectivity index (χ1n) is 8.00. The molecule has 144 valence electrons. The molecule has 1 heterocycles. The van der Waals surface area contributed by atoms with Crippen LogP contribution in [0.15, 0.2) is 65.3 Å². The van der Waals surface area contributed by atoms with Gasteiger partial charge >= 0.3 is 12.0 Å². The van der Waals surface area contributed by atoms with E-state index in [9.17, 15) is 9.59 Å². The van der Waals surface area contributed by atoms with Gasteiger partial charge in [-0.1, -0.05) is 42.1 Å². The maximum absolute atomic E-state index is 12.3. The summed E-state index contributed by atoms with van der Waals surface area (Å²) in [5.41, 5.74) is 1.29. The normalized spacial score (nSPS) is 10.4. The zero-order chi connectivity index (χ0) is 20.1. The molecule has 0 aliphatic carbocycles. The fourth-order valence-electron chi connectivity index (χ4n) is 2.23. The van der Waals surface area contributed by atoms with Gasteiger partial charge in [0, 0.05) is 6.54 Å². The standard InChI is InChI=1S/C19H14Cl2N2O4S/c20-15-8-3-12(10-16(15)21)11-22-19(25)23(28)13-4-6-14(7-5-13)27-18(24)17-2-1-9-26-17/h1-10,28H,11H2,(H,22,25). The number of nitrogens with zero attached hydrogens (tertiary/aromatic N) is 1. The zero-order valence-corrected chi connectivity index (χ0v) is 16.7. The van der Waals surface area contributed by atoms with E-state index in [1.54, 1.807) is 48.5 Å². The Morgan fingerprint density at radius 1 is 1.07 bits per heavy atom. The van der Waals surface area contributed by atoms with Crippen LogP contribution in [-0.4, -0.2) is 12.0 Å². The smallest absolute Gasteiger partial charge is 0.379 e. The SMILES string of the molecule is O=C(Oc1ccc(N(S)C(=O)NCc2ccc(Cl)c(Cl)c2)cc1)c1ccco1. The van der Waals surface area contributed by atoms with Crippen LogP contribution in [0.5, 0.6) is 5.75 Å². The lowest BCUT2D eigenvalue weighted by Crippen LogP contribution is -2.33. The monoisotopic (exact) mass is 436 g/mol. The van der Waals surface area contributed by atoms with E-state index in [1.807, 2.05) is 0 Å². The van der Waals surface area contributed by atoms with Crippen molar-refractivity contribution >= 4 is 53.7 Å². The molecule has 0 bridgehead atoms. The van der Waals surface area contributed by atoms with E-state index in [0.717, 1.165) is 9.87 Å². The minimum Gasteiger partial charge on any atom is -0.457 e. The van der Waals surface area contributed by atoms with Crippen molar-refractivity contribution in [3.8, 4) is 5.75 Å². The highest BCUT2D eigenvalue weighted by Gasteiger charge is 2.14. The molecule has 28 heavy (non-hydrogen) atoms. The summed E-state index contributed by atoms with van der Waals surface area (Å²) >= 11 is 16.0. The van der Waals surface area contributed by atoms with Crippen LogP contribution in [0, 0.1) is 0 Å². The Balaban J connectivity index is 1.57. The second-order valence-corrected chi connectivity index (χ2v) is 6.79. The van der Waals surface area contributed by atoms with Gasteiger partial charge in [-0.3, -0.25) is 0 Å². The number of furan rings is 1. The Bertz CT molecular complexity index is 978. The van der Waals surface area contributed by atoms with Crippen molar-refractivity contribution in [1.29, 1.82) is 0 Å². The predicted octanol–water partition coefficient (Wildman–Crippen LogP) is 5.37. The van der Waals surface area contributed by atoms with Crippen molar-refractivity contribution in [1.82, 2.24) is 5.32 Å². The summed E-state index contributed by atoms with van der Waals surface area (Å²) in [7, 11) is 0. The molecule has 0 saturated carbocycles. The van der Waals surface area contributed by atoms with Gasteiger partial charge in [0.25, 0.3) is 0 Å². The number of rotatable bonds is 5. The number of thiol groups is 1. The van der Waals surface area contributed by atoms with Gasteiger partial charge in [-0.15, -0.1) is 0 Å². The van der Waals surface area contributed by atoms with E-state index in [0.29, 0.717) is 21.5 Å². The molecule has 6 nitrogen and oxygen atoms in total. The molecule has 1 aromatic heterocycles. The van der Waals surface area contributed by atoms with Crippen LogP contribution in [0.4, 0.5) is 10.5 Å². The lowest BCUT2D eigenvalue weighted by molar-refractivity contribution is 0.0701. The third-order valence-corrected chi connectivity index (χ3v) is 4.79. The Morgan fingerprint density at radius 2 is 1.82 bits per heavy atom. The zero-order valence-electron chi connectivity index (χ0n) is 14.3. The molecule has 9 heteroatoms. The molecule has 0 unspecified atom stereocenters. The van der Waals surface area contributed by atoms with Gasteiger partial charge in [0.2, 0.25) is 5.76 Å². The molecule has 0 aliphatic rings. The van der Waals surface area contributed by atoms with Crippen LogP contribution < -0.4 is 14.4 Å². The Morgan fingerprint density at radius 3 is 2.46 bits per heavy atom. The summed E-state index contributed by atoms with van der Waals surface area (Å²) in [6, 6.07) is 14.0. The summed E-state index contributed by atoms with van der Waals surface area (Å²) in [5, 5.41) is 3.58. The first-order chi connectivity index (χ1) is 13.4. The summed E-state index contributed by atoms with van der Waals surface area (Å²) in [5.74, 6) is -0.204. The third-order valence-electron chi connectivity index (χ3n) is 3.63. The number of benzene rings is 2. The van der Waals surface area contributed by atoms with Crippen molar-refractivity contribution < 1.29 is 18.7 Å². The number of ether oxygens (including phenoxy) is 1. The number of amides is 2. The molecule has 3 rings (SSSR count). The molecule has 0 aliphatic heterocycles. The van der Waals surface area contributed by atoms with Crippen LogP contribution in [0.2, 0.25) is 10.0 Å². The van der Waals surface area contributed by atoms with Crippen molar-refractivity contribution in [2.24, 2.45) is 0 Å². The van der Waals surface area contributed by atoms with Crippen LogP contribution in [0.25, 0.3) is 0 Å². The molecule has 0 spiro atoms. The molecule has 1 N–H and O–H groups in total. The first kappa shape index (κ1) is 20.1. The van der Waals surface area contributed by atoms with Crippen LogP contribution in [0.3, 0.4) is 0 Å². The largest absolute Gasteiger partial charge is 0.457 e. The summed E-state index contributed by atoms with van der Waals surface area (Å²) in [4.78, 5) is 24.1. The summed E-state index contributed by atoms with van der Waals surface area (Å²) < 4.78 is 11.3. The summed E-state index contributed by atoms with van der Waals surface area (Å²) in [6.45, 7) is 0.256. The number of halogens is 2. The van der Waals surface area contributed by atoms with Crippen molar-refractivity contribution in [3.63, 3.8) is 0 Å². The highest BCUT2D eigenvalue weighted by molar-refractivity contribution is 7.82. The van der Waals surface area contributed by atoms with Crippen molar-refractivity contribution in [3.05, 3.63) is 82.2 Å². The Hall–Kier alpha value is -2.61. The first-order valence-corrected chi connectivity index (χ1v) is 9.16. The van der Waals surface area contributed by atoms with E-state index >= 15 is 0 Å². The highest BCUT2D eigenvalue weighted by Crippen LogP contribution is 2.24. The van der Waals surface area contributed by atoms with Gasteiger partial charge in [0.15, 0.2) is 0 Å². The van der Waals surface area contributed by atoms with E-state index < -0.39 is 12.0 Å². The van der Waals surface area contributed by atoms with Gasteiger partial charge in [0.05, 0.1) is 22.0 Å². The minimum absolute atomic E-state index is 0.0987. The third kappa shape index (κ3) is 5.01. The lowest BCUT2D eigenvalue weighted by Gasteiger charge is -2.17. The number of hydrogen-bond donors (Lipinski definition) is 2. The summed E-state index contributed by atoms with van der Waals surface area (Å²) in [6.07, 6.45) is 1.38. The number of carbonyl (C=O) groups excluding carboxylic acids is 2. The van der Waals surface area contributed by atoms with Gasteiger partial charge in [-0.25, -0.2) is 13.9 Å². The molecule has 0 atom stereocenters. The second kappa shape index (κ2) is 9.05. The average molecular weight is 437 g/mol. The van der Waals surface area contributed by atoms with Gasteiger partial charge in [-0.05, 0) is 54.1 Å². The molecular formula is C19H14Cl2N2O4S. The number of esters is 1. The maximum atomic E-state index is 12.3. The molecule has 2 aromatic carbocycles. The maximum Gasteiger partial charge on any atom is 0.379 e. The highest BCUT2D eigenvalue weighted by atomic mass is 35.5. The van der Waals surface area contributed by atoms with Crippen molar-refractivity contribution in [2.45, 2.75) is 6.54 Å². The van der Waals surface area contributed by atoms with Gasteiger partial charge < -0.3 is 14.5 Å². The molecule has 0 radical (unpaired) electrons. The average Bonchev–Trinajstić information content (AvgIpc) is 3.24. The quantitative estimate of drug-likeness (QED) is 0.320. The number of anilines is 1. The number of hydrogen-bond acceptors (Lipinski definition) is 5. The van der Waals surface area contributed by atoms with E-state index in [4.69, 9.17) is 32.4 Å². The Kier molecular flexibility index (Phi) is 6.51. The lowest BCUT2D eigenvalue weighted by atomic mass is 10.2. The molecule has 0 saturated heterocycles. The fourth-order valence-corrected chi connectivity index (χ4v) is 2.75. The van der Waals surface area contributed by atoms with Crippen LogP contribution in [0.1, 0.15) is 16.1 Å².